The van der Waals surface area contributed by atoms with E-state index in [2.05, 4.69) is 41.6 Å². The summed E-state index contributed by atoms with van der Waals surface area (Å²) >= 11 is 0. The molecule has 5 aliphatic rings. The Hall–Kier alpha value is -5.36. The Balaban J connectivity index is 0.743. The number of nitrogens with zero attached hydrogens (tertiary/aromatic N) is 9. The molecule has 0 spiro atoms. The third-order valence-electron chi connectivity index (χ3n) is 13.9. The molecule has 7 heterocycles. The summed E-state index contributed by atoms with van der Waals surface area (Å²) in [6, 6.07) is 7.04. The van der Waals surface area contributed by atoms with Crippen molar-refractivity contribution in [3.05, 3.63) is 58.3 Å². The van der Waals surface area contributed by atoms with Gasteiger partial charge >= 0.3 is 5.69 Å². The summed E-state index contributed by atoms with van der Waals surface area (Å²) < 4.78 is 39.2. The Kier molecular flexibility index (Phi) is 12.3. The number of aliphatic imine (C=N–C) groups is 2. The molecule has 4 aliphatic heterocycles. The maximum Gasteiger partial charge on any atom is 0.329 e. The number of rotatable bonds is 11. The van der Waals surface area contributed by atoms with Crippen LogP contribution in [0.15, 0.2) is 51.4 Å². The van der Waals surface area contributed by atoms with E-state index in [4.69, 9.17) is 9.72 Å². The van der Waals surface area contributed by atoms with Gasteiger partial charge in [-0.2, -0.15) is 5.10 Å². The lowest BCUT2D eigenvalue weighted by molar-refractivity contribution is -0.135. The zero-order chi connectivity index (χ0) is 43.9. The summed E-state index contributed by atoms with van der Waals surface area (Å²) in [5.74, 6) is 0.355. The molecule has 1 aliphatic carbocycles. The number of hydrogen-bond acceptors (Lipinski definition) is 11. The highest BCUT2D eigenvalue weighted by Gasteiger charge is 2.37. The number of alkyl halides is 2. The number of anilines is 1. The van der Waals surface area contributed by atoms with Gasteiger partial charge in [0.25, 0.3) is 12.3 Å². The molecule has 4 aromatic rings. The molecule has 0 bridgehead atoms. The van der Waals surface area contributed by atoms with Crippen LogP contribution in [-0.4, -0.2) is 115 Å². The topological polar surface area (TPSA) is 173 Å². The zero-order valence-electron chi connectivity index (χ0n) is 36.2. The van der Waals surface area contributed by atoms with Crippen LogP contribution in [-0.2, 0) is 27.8 Å². The number of amidine groups is 1. The van der Waals surface area contributed by atoms with Crippen LogP contribution in [0.1, 0.15) is 100 Å². The molecule has 2 unspecified atom stereocenters. The normalized spacial score (nSPS) is 26.4. The standard InChI is InChI=1S/C45H57F2N11O5/c1-26-23-56(24-27(2)63-26)35-18-21-57-42(49-35)32(22-48-57)43(60)53-41-37(39(46)47)51-40(52-41)31-12-10-29(11-13-31)25-55-19-16-28(17-20-55)6-4-7-30-8-5-9-33-38(30)54(3)45(62)58(33)34-14-15-36(59)50-44(34)61/h5,8-9,18,21-22,26-29,31,34,39-40H,4,6-7,10-17,19-20,23-25H2,1-3H3,(H,50,59,61)(H,52,53,60)/t26-,27-,29-,31-,34?,40?/m1/s1. The zero-order valence-corrected chi connectivity index (χ0v) is 36.2. The minimum absolute atomic E-state index is 0.0226. The SMILES string of the molecule is C[C@@H]1CN(c2ccn3ncc(C(=O)NC4=NC([C@H]5CC[C@H](CN6CCC(CCCc7cccc8c7n(C)c(=O)n8C7CCC(=O)NC7=O)CC6)CC5)N=C4C(F)F)c3n2)C[C@@H](C)O1. The molecule has 16 nitrogen and oxygen atoms in total. The first-order chi connectivity index (χ1) is 30.4. The third-order valence-corrected chi connectivity index (χ3v) is 13.9. The number of hydrogen-bond donors (Lipinski definition) is 2. The number of imidazole rings is 1. The number of piperidine rings is 2. The summed E-state index contributed by atoms with van der Waals surface area (Å²) in [6.45, 7) is 8.44. The van der Waals surface area contributed by atoms with Gasteiger partial charge in [0.05, 0.1) is 29.4 Å². The van der Waals surface area contributed by atoms with E-state index in [0.29, 0.717) is 42.8 Å². The van der Waals surface area contributed by atoms with Crippen LogP contribution in [0.3, 0.4) is 0 Å². The van der Waals surface area contributed by atoms with Gasteiger partial charge < -0.3 is 19.9 Å². The van der Waals surface area contributed by atoms with Crippen molar-refractivity contribution < 1.29 is 27.9 Å². The Morgan fingerprint density at radius 3 is 2.46 bits per heavy atom. The van der Waals surface area contributed by atoms with Crippen LogP contribution in [0.4, 0.5) is 14.6 Å². The van der Waals surface area contributed by atoms with Crippen LogP contribution in [0.25, 0.3) is 16.7 Å². The Morgan fingerprint density at radius 2 is 1.73 bits per heavy atom. The number of nitrogens with one attached hydrogen (secondary N) is 2. The highest BCUT2D eigenvalue weighted by molar-refractivity contribution is 6.46. The maximum atomic E-state index is 14.3. The number of likely N-dealkylation sites (tertiary alicyclic amines) is 1. The van der Waals surface area contributed by atoms with Crippen molar-refractivity contribution >= 4 is 51.8 Å². The summed E-state index contributed by atoms with van der Waals surface area (Å²) in [7, 11) is 1.75. The van der Waals surface area contributed by atoms with Gasteiger partial charge in [-0.15, -0.1) is 0 Å². The molecule has 3 saturated heterocycles. The van der Waals surface area contributed by atoms with Crippen LogP contribution < -0.4 is 21.2 Å². The van der Waals surface area contributed by atoms with Crippen molar-refractivity contribution in [3.63, 3.8) is 0 Å². The van der Waals surface area contributed by atoms with Gasteiger partial charge in [0.15, 0.2) is 11.5 Å². The quantitative estimate of drug-likeness (QED) is 0.203. The van der Waals surface area contributed by atoms with Crippen molar-refractivity contribution in [2.45, 2.75) is 115 Å². The molecule has 3 amide bonds. The molecule has 9 rings (SSSR count). The van der Waals surface area contributed by atoms with Gasteiger partial charge in [0.2, 0.25) is 11.8 Å². The predicted molar refractivity (Wildman–Crippen MR) is 233 cm³/mol. The van der Waals surface area contributed by atoms with Crippen LogP contribution in [0, 0.1) is 17.8 Å². The molecule has 0 radical (unpaired) electrons. The van der Waals surface area contributed by atoms with Gasteiger partial charge in [0, 0.05) is 45.2 Å². The lowest BCUT2D eigenvalue weighted by Gasteiger charge is -2.37. The van der Waals surface area contributed by atoms with Crippen LogP contribution in [0.2, 0.25) is 0 Å². The van der Waals surface area contributed by atoms with Gasteiger partial charge in [-0.3, -0.25) is 33.8 Å². The average Bonchev–Trinajstić information content (AvgIpc) is 3.96. The number of fused-ring (bicyclic) bond motifs is 2. The van der Waals surface area contributed by atoms with Crippen molar-refractivity contribution in [2.24, 2.45) is 34.8 Å². The number of morpholine rings is 1. The van der Waals surface area contributed by atoms with Crippen molar-refractivity contribution in [3.8, 4) is 0 Å². The number of aryl methyl sites for hydroxylation is 2. The maximum absolute atomic E-state index is 14.3. The summed E-state index contributed by atoms with van der Waals surface area (Å²) in [4.78, 5) is 69.6. The molecule has 1 aromatic carbocycles. The van der Waals surface area contributed by atoms with E-state index in [0.717, 1.165) is 94.0 Å². The smallest absolute Gasteiger partial charge is 0.329 e. The number of benzene rings is 1. The first-order valence-electron chi connectivity index (χ1n) is 22.6. The molecular weight excluding hydrogens is 813 g/mol. The second-order valence-corrected chi connectivity index (χ2v) is 18.3. The second kappa shape index (κ2) is 18.0. The third kappa shape index (κ3) is 8.93. The van der Waals surface area contributed by atoms with E-state index >= 15 is 0 Å². The highest BCUT2D eigenvalue weighted by Crippen LogP contribution is 2.36. The number of carbonyl (C=O) groups is 3. The number of ether oxygens (including phenoxy) is 1. The lowest BCUT2D eigenvalue weighted by Crippen LogP contribution is -2.45. The van der Waals surface area contributed by atoms with Crippen molar-refractivity contribution in [2.75, 3.05) is 37.6 Å². The van der Waals surface area contributed by atoms with Crippen molar-refractivity contribution in [1.82, 2.24) is 39.3 Å². The summed E-state index contributed by atoms with van der Waals surface area (Å²) in [5, 5.41) is 9.29. The number of para-hydroxylation sites is 1. The van der Waals surface area contributed by atoms with Gasteiger partial charge in [0.1, 0.15) is 29.3 Å². The monoisotopic (exact) mass is 869 g/mol. The van der Waals surface area contributed by atoms with Gasteiger partial charge in [-0.1, -0.05) is 18.6 Å². The fourth-order valence-corrected chi connectivity index (χ4v) is 10.7. The Labute approximate surface area is 364 Å². The summed E-state index contributed by atoms with van der Waals surface area (Å²) in [6.07, 6.45) is 9.03. The molecule has 4 fully saturated rings. The van der Waals surface area contributed by atoms with Gasteiger partial charge in [-0.25, -0.2) is 28.1 Å². The van der Waals surface area contributed by atoms with Gasteiger partial charge in [-0.05, 0) is 114 Å². The molecular formula is C45H57F2N11O5. The van der Waals surface area contributed by atoms with Crippen molar-refractivity contribution in [1.29, 1.82) is 0 Å². The summed E-state index contributed by atoms with van der Waals surface area (Å²) in [5.41, 5.74) is 2.44. The average molecular weight is 870 g/mol. The van der Waals surface area contributed by atoms with E-state index in [1.807, 2.05) is 32.0 Å². The molecule has 3 aromatic heterocycles. The molecule has 1 saturated carbocycles. The number of aromatic nitrogens is 5. The minimum atomic E-state index is -2.88. The first-order valence-corrected chi connectivity index (χ1v) is 22.6. The molecule has 18 heteroatoms. The number of halogens is 2. The Bertz CT molecular complexity index is 2490. The molecule has 2 N–H and O–H groups in total. The number of carbonyl (C=O) groups excluding carboxylic acids is 3. The largest absolute Gasteiger partial charge is 0.372 e. The fourth-order valence-electron chi connectivity index (χ4n) is 10.7. The molecule has 336 valence electrons. The lowest BCUT2D eigenvalue weighted by atomic mass is 9.80. The van der Waals surface area contributed by atoms with E-state index < -0.39 is 36.2 Å². The van der Waals surface area contributed by atoms with Crippen LogP contribution >= 0.6 is 0 Å². The molecule has 63 heavy (non-hydrogen) atoms. The first kappa shape index (κ1) is 42.9. The van der Waals surface area contributed by atoms with E-state index in [9.17, 15) is 28.0 Å². The Morgan fingerprint density at radius 1 is 0.968 bits per heavy atom. The minimum Gasteiger partial charge on any atom is -0.372 e. The van der Waals surface area contributed by atoms with Crippen LogP contribution in [0.5, 0.6) is 0 Å². The number of imide groups is 1. The van der Waals surface area contributed by atoms with E-state index in [1.165, 1.54) is 10.7 Å². The predicted octanol–water partition coefficient (Wildman–Crippen LogP) is 4.69. The number of amides is 3. The van der Waals surface area contributed by atoms with E-state index in [-0.39, 0.29) is 47.5 Å². The van der Waals surface area contributed by atoms with E-state index in [1.54, 1.807) is 22.4 Å². The second-order valence-electron chi connectivity index (χ2n) is 18.3. The highest BCUT2D eigenvalue weighted by atomic mass is 19.3. The fraction of sp³-hybridized carbons (Fsp3) is 0.600. The molecule has 4 atom stereocenters.